The predicted octanol–water partition coefficient (Wildman–Crippen LogP) is 1.39. The van der Waals surface area contributed by atoms with Gasteiger partial charge in [-0.2, -0.15) is 0 Å². The number of piperidine rings is 1. The van der Waals surface area contributed by atoms with Crippen LogP contribution in [-0.4, -0.2) is 32.3 Å². The molecule has 0 aliphatic carbocycles. The lowest BCUT2D eigenvalue weighted by Crippen LogP contribution is -2.43. The largest absolute Gasteiger partial charge is 0.443 e. The summed E-state index contributed by atoms with van der Waals surface area (Å²) in [4.78, 5) is 12.0. The number of hydrogen-bond acceptors (Lipinski definition) is 4. The molecule has 1 aliphatic rings. The van der Waals surface area contributed by atoms with Crippen molar-refractivity contribution in [3.05, 3.63) is 35.9 Å². The predicted molar refractivity (Wildman–Crippen MR) is 70.3 cm³/mol. The van der Waals surface area contributed by atoms with Gasteiger partial charge < -0.3 is 10.1 Å². The Labute approximate surface area is 108 Å². The van der Waals surface area contributed by atoms with E-state index in [0.717, 1.165) is 25.9 Å². The Balaban J connectivity index is 1.95. The molecule has 0 saturated carbocycles. The van der Waals surface area contributed by atoms with E-state index in [2.05, 4.69) is 10.6 Å². The molecular weight excluding hydrogens is 228 g/mol. The molecule has 1 aliphatic heterocycles. The Bertz CT molecular complexity index is 375. The zero-order valence-corrected chi connectivity index (χ0v) is 10.7. The fourth-order valence-corrected chi connectivity index (χ4v) is 2.30. The van der Waals surface area contributed by atoms with Crippen LogP contribution in [-0.2, 0) is 4.74 Å². The van der Waals surface area contributed by atoms with E-state index in [0.29, 0.717) is 11.5 Å². The zero-order valence-electron chi connectivity index (χ0n) is 10.7. The maximum Gasteiger partial charge on any atom is 0.339 e. The summed E-state index contributed by atoms with van der Waals surface area (Å²) < 4.78 is 5.55. The number of carbonyl (C=O) groups excluding carboxylic acids is 1. The van der Waals surface area contributed by atoms with Crippen molar-refractivity contribution in [2.24, 2.45) is 5.92 Å². The molecule has 4 heteroatoms. The van der Waals surface area contributed by atoms with Crippen LogP contribution < -0.4 is 10.6 Å². The van der Waals surface area contributed by atoms with Crippen molar-refractivity contribution in [1.82, 2.24) is 10.6 Å². The molecule has 1 aromatic rings. The number of benzene rings is 1. The van der Waals surface area contributed by atoms with Crippen molar-refractivity contribution >= 4 is 5.97 Å². The molecule has 0 amide bonds. The molecule has 0 spiro atoms. The van der Waals surface area contributed by atoms with Crippen molar-refractivity contribution in [2.75, 3.05) is 20.1 Å². The summed E-state index contributed by atoms with van der Waals surface area (Å²) in [6.07, 6.45) is 1.88. The Morgan fingerprint density at radius 3 is 2.61 bits per heavy atom. The van der Waals surface area contributed by atoms with Crippen molar-refractivity contribution in [1.29, 1.82) is 0 Å². The minimum Gasteiger partial charge on any atom is -0.443 e. The topological polar surface area (TPSA) is 50.4 Å². The van der Waals surface area contributed by atoms with Crippen molar-refractivity contribution in [3.8, 4) is 0 Å². The summed E-state index contributed by atoms with van der Waals surface area (Å²) in [7, 11) is 1.84. The number of rotatable bonds is 4. The monoisotopic (exact) mass is 248 g/mol. The van der Waals surface area contributed by atoms with Gasteiger partial charge >= 0.3 is 5.97 Å². The summed E-state index contributed by atoms with van der Waals surface area (Å²) in [5.41, 5.74) is 0.603. The smallest absolute Gasteiger partial charge is 0.339 e. The first-order chi connectivity index (χ1) is 8.81. The van der Waals surface area contributed by atoms with Crippen LogP contribution in [0.2, 0.25) is 0 Å². The average Bonchev–Trinajstić information content (AvgIpc) is 2.46. The summed E-state index contributed by atoms with van der Waals surface area (Å²) in [6.45, 7) is 1.98. The van der Waals surface area contributed by atoms with E-state index in [1.165, 1.54) is 0 Å². The van der Waals surface area contributed by atoms with Gasteiger partial charge in [0.05, 0.1) is 5.56 Å². The molecule has 1 heterocycles. The highest BCUT2D eigenvalue weighted by Crippen LogP contribution is 2.18. The molecule has 2 N–H and O–H groups in total. The third-order valence-corrected chi connectivity index (χ3v) is 3.34. The molecule has 1 aromatic carbocycles. The Morgan fingerprint density at radius 1 is 1.33 bits per heavy atom. The fourth-order valence-electron chi connectivity index (χ4n) is 2.30. The summed E-state index contributed by atoms with van der Waals surface area (Å²) in [5.74, 6) is 0.136. The maximum absolute atomic E-state index is 12.0. The van der Waals surface area contributed by atoms with Crippen LogP contribution in [0, 0.1) is 5.92 Å². The molecule has 0 bridgehead atoms. The van der Waals surface area contributed by atoms with E-state index in [1.807, 2.05) is 25.2 Å². The second-order valence-electron chi connectivity index (χ2n) is 4.57. The van der Waals surface area contributed by atoms with Gasteiger partial charge in [0.1, 0.15) is 0 Å². The van der Waals surface area contributed by atoms with Gasteiger partial charge in [-0.05, 0) is 45.1 Å². The first-order valence-electron chi connectivity index (χ1n) is 6.45. The van der Waals surface area contributed by atoms with Crippen LogP contribution in [0.5, 0.6) is 0 Å². The lowest BCUT2D eigenvalue weighted by Gasteiger charge is -2.29. The van der Waals surface area contributed by atoms with Gasteiger partial charge in [-0.25, -0.2) is 4.79 Å². The van der Waals surface area contributed by atoms with Crippen LogP contribution in [0.25, 0.3) is 0 Å². The van der Waals surface area contributed by atoms with E-state index in [-0.39, 0.29) is 12.2 Å². The highest BCUT2D eigenvalue weighted by molar-refractivity contribution is 5.89. The molecular formula is C14H20N2O2. The number of ether oxygens (including phenoxy) is 1. The first kappa shape index (κ1) is 13.1. The van der Waals surface area contributed by atoms with Crippen molar-refractivity contribution < 1.29 is 9.53 Å². The van der Waals surface area contributed by atoms with Gasteiger partial charge in [-0.15, -0.1) is 0 Å². The molecule has 4 nitrogen and oxygen atoms in total. The molecule has 1 saturated heterocycles. The summed E-state index contributed by atoms with van der Waals surface area (Å²) >= 11 is 0. The van der Waals surface area contributed by atoms with Crippen LogP contribution in [0.15, 0.2) is 30.3 Å². The van der Waals surface area contributed by atoms with Gasteiger partial charge in [0.2, 0.25) is 0 Å². The summed E-state index contributed by atoms with van der Waals surface area (Å²) in [5, 5.41) is 6.41. The van der Waals surface area contributed by atoms with E-state index < -0.39 is 0 Å². The highest BCUT2D eigenvalue weighted by Gasteiger charge is 2.25. The van der Waals surface area contributed by atoms with Crippen molar-refractivity contribution in [2.45, 2.75) is 19.1 Å². The molecule has 0 aromatic heterocycles. The molecule has 98 valence electrons. The van der Waals surface area contributed by atoms with Crippen LogP contribution in [0.4, 0.5) is 0 Å². The minimum absolute atomic E-state index is 0.195. The van der Waals surface area contributed by atoms with E-state index in [1.54, 1.807) is 12.1 Å². The van der Waals surface area contributed by atoms with Crippen LogP contribution in [0.1, 0.15) is 23.2 Å². The Kier molecular flexibility index (Phi) is 4.73. The number of carbonyl (C=O) groups is 1. The third-order valence-electron chi connectivity index (χ3n) is 3.34. The molecule has 1 atom stereocenters. The third kappa shape index (κ3) is 3.31. The van der Waals surface area contributed by atoms with Gasteiger partial charge in [0, 0.05) is 5.92 Å². The zero-order chi connectivity index (χ0) is 12.8. The molecule has 18 heavy (non-hydrogen) atoms. The van der Waals surface area contributed by atoms with Crippen LogP contribution in [0.3, 0.4) is 0 Å². The lowest BCUT2D eigenvalue weighted by atomic mass is 9.96. The molecule has 0 radical (unpaired) electrons. The number of nitrogens with one attached hydrogen (secondary N) is 2. The second kappa shape index (κ2) is 6.52. The van der Waals surface area contributed by atoms with Gasteiger partial charge in [0.15, 0.2) is 6.23 Å². The number of hydrogen-bond donors (Lipinski definition) is 2. The maximum atomic E-state index is 12.0. The normalized spacial score (nSPS) is 18.3. The van der Waals surface area contributed by atoms with Gasteiger partial charge in [0.25, 0.3) is 0 Å². The Hall–Kier alpha value is -1.39. The standard InChI is InChI=1S/C14H20N2O2/c1-15-13(11-7-9-16-10-8-11)18-14(17)12-5-3-2-4-6-12/h2-6,11,13,15-16H,7-10H2,1H3. The number of esters is 1. The molecule has 1 unspecified atom stereocenters. The molecule has 2 rings (SSSR count). The van der Waals surface area contributed by atoms with E-state index >= 15 is 0 Å². The van der Waals surface area contributed by atoms with Gasteiger partial charge in [-0.1, -0.05) is 18.2 Å². The fraction of sp³-hybridized carbons (Fsp3) is 0.500. The van der Waals surface area contributed by atoms with E-state index in [9.17, 15) is 4.79 Å². The first-order valence-corrected chi connectivity index (χ1v) is 6.45. The highest BCUT2D eigenvalue weighted by atomic mass is 16.6. The Morgan fingerprint density at radius 2 is 2.00 bits per heavy atom. The average molecular weight is 248 g/mol. The lowest BCUT2D eigenvalue weighted by molar-refractivity contribution is -0.000897. The second-order valence-corrected chi connectivity index (χ2v) is 4.57. The minimum atomic E-state index is -0.256. The van der Waals surface area contributed by atoms with Crippen LogP contribution >= 0.6 is 0 Å². The van der Waals surface area contributed by atoms with E-state index in [4.69, 9.17) is 4.74 Å². The van der Waals surface area contributed by atoms with Gasteiger partial charge in [-0.3, -0.25) is 5.32 Å². The SMILES string of the molecule is CNC(OC(=O)c1ccccc1)C1CCNCC1. The summed E-state index contributed by atoms with van der Waals surface area (Å²) in [6, 6.07) is 9.12. The molecule has 1 fully saturated rings. The van der Waals surface area contributed by atoms with Crippen molar-refractivity contribution in [3.63, 3.8) is 0 Å². The quantitative estimate of drug-likeness (QED) is 0.624.